The van der Waals surface area contributed by atoms with Crippen LogP contribution in [0.4, 0.5) is 0 Å². The Balaban J connectivity index is 0.918. The number of rotatable bonds is 5. The smallest absolute Gasteiger partial charge is 0.0547 e. The summed E-state index contributed by atoms with van der Waals surface area (Å²) in [6, 6.07) is 81.1. The Bertz CT molecular complexity index is 3410. The standard InChI is InChI=1S/C59H41N/c1-2-12-41(13-3-1)50-33-28-42-14-4-6-16-48(42)53-34-29-44(36-57(50)53)39-22-24-40(25-23-39)45-30-35-55-54-20-10-11-21-58(54)60(59(55)38-45)47-31-26-43(27-32-47)56-37-46-15-5-7-17-49(46)51-18-8-9-19-52(51)56/h1-27,29-32,34-38,50H,28,33H2. The number of para-hydroxylation sites is 1. The third kappa shape index (κ3) is 5.69. The highest BCUT2D eigenvalue weighted by Gasteiger charge is 2.24. The van der Waals surface area contributed by atoms with Crippen molar-refractivity contribution in [3.05, 3.63) is 235 Å². The normalized spacial score (nSPS) is 13.7. The Kier molecular flexibility index (Phi) is 8.13. The van der Waals surface area contributed by atoms with E-state index >= 15 is 0 Å². The number of hydrogen-bond acceptors (Lipinski definition) is 0. The highest BCUT2D eigenvalue weighted by Crippen LogP contribution is 2.44. The van der Waals surface area contributed by atoms with Crippen LogP contribution in [0.5, 0.6) is 0 Å². The maximum Gasteiger partial charge on any atom is 0.0547 e. The third-order valence-corrected chi connectivity index (χ3v) is 13.1. The molecule has 282 valence electrons. The molecule has 0 N–H and O–H groups in total. The Morgan fingerprint density at radius 1 is 0.350 bits per heavy atom. The molecule has 0 saturated heterocycles. The summed E-state index contributed by atoms with van der Waals surface area (Å²) in [5.41, 5.74) is 18.0. The van der Waals surface area contributed by atoms with E-state index in [-0.39, 0.29) is 0 Å². The van der Waals surface area contributed by atoms with E-state index in [1.807, 2.05) is 0 Å². The summed E-state index contributed by atoms with van der Waals surface area (Å²) in [6.45, 7) is 0. The van der Waals surface area contributed by atoms with E-state index in [0.717, 1.165) is 18.5 Å². The van der Waals surface area contributed by atoms with Crippen molar-refractivity contribution in [3.8, 4) is 50.2 Å². The van der Waals surface area contributed by atoms with Gasteiger partial charge in [0.05, 0.1) is 11.0 Å². The first-order chi connectivity index (χ1) is 29.7. The van der Waals surface area contributed by atoms with Crippen molar-refractivity contribution < 1.29 is 0 Å². The minimum absolute atomic E-state index is 0.348. The molecule has 1 aliphatic carbocycles. The van der Waals surface area contributed by atoms with Crippen LogP contribution in [-0.2, 0) is 6.42 Å². The van der Waals surface area contributed by atoms with E-state index in [2.05, 4.69) is 223 Å². The number of nitrogens with zero attached hydrogens (tertiary/aromatic N) is 1. The van der Waals surface area contributed by atoms with Gasteiger partial charge in [-0.1, -0.05) is 182 Å². The predicted octanol–water partition coefficient (Wildman–Crippen LogP) is 15.8. The lowest BCUT2D eigenvalue weighted by Crippen LogP contribution is -2.02. The summed E-state index contributed by atoms with van der Waals surface area (Å²) in [7, 11) is 0. The summed E-state index contributed by atoms with van der Waals surface area (Å²) in [6.07, 6.45) is 2.17. The van der Waals surface area contributed by atoms with Crippen molar-refractivity contribution in [2.24, 2.45) is 0 Å². The number of benzene rings is 10. The lowest BCUT2D eigenvalue weighted by atomic mass is 9.84. The van der Waals surface area contributed by atoms with E-state index < -0.39 is 0 Å². The van der Waals surface area contributed by atoms with Gasteiger partial charge in [0.25, 0.3) is 0 Å². The largest absolute Gasteiger partial charge is 0.309 e. The van der Waals surface area contributed by atoms with Crippen LogP contribution in [0.15, 0.2) is 218 Å². The zero-order valence-corrected chi connectivity index (χ0v) is 33.2. The van der Waals surface area contributed by atoms with E-state index in [1.165, 1.54) is 105 Å². The molecule has 1 aromatic heterocycles. The number of fused-ring (bicyclic) bond motifs is 9. The Morgan fingerprint density at radius 2 is 0.950 bits per heavy atom. The molecule has 12 rings (SSSR count). The summed E-state index contributed by atoms with van der Waals surface area (Å²) in [5.74, 6) is 0.348. The molecule has 1 heterocycles. The predicted molar refractivity (Wildman–Crippen MR) is 254 cm³/mol. The molecule has 1 atom stereocenters. The fraction of sp³-hybridized carbons (Fsp3) is 0.0508. The monoisotopic (exact) mass is 763 g/mol. The van der Waals surface area contributed by atoms with Crippen LogP contribution in [0, 0.1) is 0 Å². The van der Waals surface area contributed by atoms with Crippen LogP contribution in [0.2, 0.25) is 0 Å². The molecule has 0 spiro atoms. The van der Waals surface area contributed by atoms with Crippen LogP contribution in [0.25, 0.3) is 93.5 Å². The second-order valence-electron chi connectivity index (χ2n) is 16.4. The third-order valence-electron chi connectivity index (χ3n) is 13.1. The molecule has 0 aliphatic heterocycles. The van der Waals surface area contributed by atoms with Crippen molar-refractivity contribution >= 4 is 43.4 Å². The van der Waals surface area contributed by atoms with Gasteiger partial charge in [-0.05, 0) is 132 Å². The van der Waals surface area contributed by atoms with Gasteiger partial charge in [0, 0.05) is 22.4 Å². The van der Waals surface area contributed by atoms with Crippen LogP contribution < -0.4 is 0 Å². The first kappa shape index (κ1) is 34.6. The number of aromatic nitrogens is 1. The quantitative estimate of drug-likeness (QED) is 0.154. The Hall–Kier alpha value is -7.48. The van der Waals surface area contributed by atoms with Crippen LogP contribution in [0.3, 0.4) is 0 Å². The second-order valence-corrected chi connectivity index (χ2v) is 16.4. The molecule has 1 heteroatoms. The van der Waals surface area contributed by atoms with E-state index in [9.17, 15) is 0 Å². The summed E-state index contributed by atoms with van der Waals surface area (Å²) in [4.78, 5) is 0. The van der Waals surface area contributed by atoms with Crippen molar-refractivity contribution in [2.45, 2.75) is 18.8 Å². The van der Waals surface area contributed by atoms with Crippen molar-refractivity contribution in [1.29, 1.82) is 0 Å². The first-order valence-electron chi connectivity index (χ1n) is 21.2. The van der Waals surface area contributed by atoms with Gasteiger partial charge in [0.15, 0.2) is 0 Å². The highest BCUT2D eigenvalue weighted by molar-refractivity contribution is 6.14. The molecule has 60 heavy (non-hydrogen) atoms. The summed E-state index contributed by atoms with van der Waals surface area (Å²) >= 11 is 0. The molecule has 10 aromatic carbocycles. The van der Waals surface area contributed by atoms with E-state index in [4.69, 9.17) is 0 Å². The van der Waals surface area contributed by atoms with E-state index in [0.29, 0.717) is 5.92 Å². The molecule has 0 bridgehead atoms. The van der Waals surface area contributed by atoms with Gasteiger partial charge in [-0.25, -0.2) is 0 Å². The molecular weight excluding hydrogens is 723 g/mol. The summed E-state index contributed by atoms with van der Waals surface area (Å²) < 4.78 is 2.43. The molecule has 0 saturated carbocycles. The molecule has 1 unspecified atom stereocenters. The van der Waals surface area contributed by atoms with Gasteiger partial charge < -0.3 is 4.57 Å². The van der Waals surface area contributed by atoms with Gasteiger partial charge in [-0.3, -0.25) is 0 Å². The lowest BCUT2D eigenvalue weighted by Gasteiger charge is -2.20. The maximum atomic E-state index is 2.46. The molecule has 1 nitrogen and oxygen atoms in total. The average molecular weight is 764 g/mol. The van der Waals surface area contributed by atoms with E-state index in [1.54, 1.807) is 0 Å². The zero-order chi connectivity index (χ0) is 39.6. The topological polar surface area (TPSA) is 4.93 Å². The second kappa shape index (κ2) is 14.1. The first-order valence-corrected chi connectivity index (χ1v) is 21.2. The van der Waals surface area contributed by atoms with Gasteiger partial charge in [-0.2, -0.15) is 0 Å². The van der Waals surface area contributed by atoms with Crippen LogP contribution >= 0.6 is 0 Å². The van der Waals surface area contributed by atoms with Gasteiger partial charge in [0.1, 0.15) is 0 Å². The number of hydrogen-bond donors (Lipinski definition) is 0. The average Bonchev–Trinajstić information content (AvgIpc) is 3.55. The highest BCUT2D eigenvalue weighted by atomic mass is 15.0. The van der Waals surface area contributed by atoms with Crippen LogP contribution in [0.1, 0.15) is 29.0 Å². The van der Waals surface area contributed by atoms with Crippen LogP contribution in [-0.4, -0.2) is 4.57 Å². The summed E-state index contributed by atoms with van der Waals surface area (Å²) in [5, 5.41) is 7.65. The molecule has 0 radical (unpaired) electrons. The zero-order valence-electron chi connectivity index (χ0n) is 33.2. The molecule has 1 aliphatic rings. The minimum Gasteiger partial charge on any atom is -0.309 e. The molecule has 0 fully saturated rings. The Labute approximate surface area is 350 Å². The molecule has 11 aromatic rings. The SMILES string of the molecule is c1ccc(C2CCc3ccccc3-c3ccc(-c4ccc(-c5ccc6c7ccccc7n(-c7ccc(-c8cc9ccccc9c9ccccc89)cc7)c6c5)cc4)cc32)cc1. The fourth-order valence-electron chi connectivity index (χ4n) is 10.1. The molecular formula is C59H41N. The minimum atomic E-state index is 0.348. The maximum absolute atomic E-state index is 2.46. The number of aryl methyl sites for hydroxylation is 1. The Morgan fingerprint density at radius 3 is 1.77 bits per heavy atom. The van der Waals surface area contributed by atoms with Gasteiger partial charge in [-0.15, -0.1) is 0 Å². The van der Waals surface area contributed by atoms with Crippen molar-refractivity contribution in [3.63, 3.8) is 0 Å². The fourth-order valence-corrected chi connectivity index (χ4v) is 10.1. The van der Waals surface area contributed by atoms with Crippen molar-refractivity contribution in [2.75, 3.05) is 0 Å². The lowest BCUT2D eigenvalue weighted by molar-refractivity contribution is 0.726. The molecule has 0 amide bonds. The van der Waals surface area contributed by atoms with Gasteiger partial charge in [0.2, 0.25) is 0 Å². The van der Waals surface area contributed by atoms with Gasteiger partial charge >= 0.3 is 0 Å². The van der Waals surface area contributed by atoms with Crippen molar-refractivity contribution in [1.82, 2.24) is 4.57 Å².